The first-order chi connectivity index (χ1) is 12.4. The lowest BCUT2D eigenvalue weighted by Gasteiger charge is -2.23. The summed E-state index contributed by atoms with van der Waals surface area (Å²) in [6.45, 7) is 2.21. The van der Waals surface area contributed by atoms with Gasteiger partial charge in [-0.2, -0.15) is 0 Å². The molecule has 2 aromatic rings. The molecule has 5 heteroatoms. The van der Waals surface area contributed by atoms with Gasteiger partial charge in [0.1, 0.15) is 5.75 Å². The summed E-state index contributed by atoms with van der Waals surface area (Å²) in [6.07, 6.45) is 12.5. The molecule has 0 aliphatic carbocycles. The number of nitrogens with one attached hydrogen (secondary N) is 2. The Bertz CT molecular complexity index is 659. The van der Waals surface area contributed by atoms with Crippen LogP contribution in [0.25, 0.3) is 10.9 Å². The summed E-state index contributed by atoms with van der Waals surface area (Å²) in [5.74, 6) is 0.878. The Hall–Kier alpha value is -1.52. The Kier molecular flexibility index (Phi) is 8.99. The maximum absolute atomic E-state index is 5.41. The first-order valence-electron chi connectivity index (χ1n) is 9.77. The van der Waals surface area contributed by atoms with Crippen molar-refractivity contribution >= 4 is 29.0 Å². The number of methoxy groups -OCH3 is 1. The lowest BCUT2D eigenvalue weighted by atomic mass is 9.99. The maximum Gasteiger partial charge on any atom is 0.121 e. The predicted octanol–water partition coefficient (Wildman–Crippen LogP) is 5.17. The van der Waals surface area contributed by atoms with Crippen molar-refractivity contribution in [3.8, 4) is 5.75 Å². The van der Waals surface area contributed by atoms with Crippen molar-refractivity contribution in [2.45, 2.75) is 57.4 Å². The lowest BCUT2D eigenvalue weighted by molar-refractivity contribution is 0.371. The number of rotatable bonds is 9. The third-order valence-electron chi connectivity index (χ3n) is 5.12. The average Bonchev–Trinajstić information content (AvgIpc) is 2.67. The van der Waals surface area contributed by atoms with E-state index in [9.17, 15) is 0 Å². The van der Waals surface area contributed by atoms with Crippen molar-refractivity contribution in [3.05, 3.63) is 30.5 Å². The molecule has 2 N–H and O–H groups in total. The van der Waals surface area contributed by atoms with Crippen LogP contribution in [-0.4, -0.2) is 31.2 Å². The normalized spacial score (nSPS) is 16.9. The van der Waals surface area contributed by atoms with E-state index in [-0.39, 0.29) is 12.4 Å². The molecule has 2 heterocycles. The molecule has 1 aliphatic heterocycles. The second-order valence-corrected chi connectivity index (χ2v) is 7.03. The van der Waals surface area contributed by atoms with Gasteiger partial charge in [-0.25, -0.2) is 0 Å². The summed E-state index contributed by atoms with van der Waals surface area (Å²) in [4.78, 5) is 4.51. The molecule has 1 aromatic carbocycles. The quantitative estimate of drug-likeness (QED) is 0.592. The molecule has 1 aromatic heterocycles. The monoisotopic (exact) mass is 377 g/mol. The van der Waals surface area contributed by atoms with Gasteiger partial charge in [0.15, 0.2) is 0 Å². The van der Waals surface area contributed by atoms with Crippen molar-refractivity contribution in [2.75, 3.05) is 25.5 Å². The van der Waals surface area contributed by atoms with E-state index < -0.39 is 0 Å². The molecule has 1 unspecified atom stereocenters. The number of pyridine rings is 1. The number of benzene rings is 1. The fourth-order valence-corrected chi connectivity index (χ4v) is 3.68. The van der Waals surface area contributed by atoms with Crippen molar-refractivity contribution in [2.24, 2.45) is 0 Å². The minimum Gasteiger partial charge on any atom is -0.497 e. The van der Waals surface area contributed by atoms with Gasteiger partial charge in [0.05, 0.1) is 18.3 Å². The zero-order valence-electron chi connectivity index (χ0n) is 15.8. The molecule has 0 spiro atoms. The number of fused-ring (bicyclic) bond motifs is 1. The molecular weight excluding hydrogens is 346 g/mol. The number of ether oxygens (including phenoxy) is 1. The molecule has 0 amide bonds. The number of halogens is 1. The second kappa shape index (κ2) is 11.2. The first kappa shape index (κ1) is 20.8. The second-order valence-electron chi connectivity index (χ2n) is 7.03. The molecule has 0 radical (unpaired) electrons. The van der Waals surface area contributed by atoms with Crippen molar-refractivity contribution in [3.63, 3.8) is 0 Å². The van der Waals surface area contributed by atoms with E-state index in [1.165, 1.54) is 57.9 Å². The zero-order valence-corrected chi connectivity index (χ0v) is 16.6. The van der Waals surface area contributed by atoms with Gasteiger partial charge >= 0.3 is 0 Å². The fraction of sp³-hybridized carbons (Fsp3) is 0.571. The van der Waals surface area contributed by atoms with Crippen LogP contribution in [0, 0.1) is 0 Å². The predicted molar refractivity (Wildman–Crippen MR) is 113 cm³/mol. The maximum atomic E-state index is 5.41. The molecule has 1 aliphatic rings. The molecule has 1 fully saturated rings. The molecule has 26 heavy (non-hydrogen) atoms. The highest BCUT2D eigenvalue weighted by Crippen LogP contribution is 2.27. The van der Waals surface area contributed by atoms with Gasteiger partial charge in [-0.1, -0.05) is 31.7 Å². The first-order valence-corrected chi connectivity index (χ1v) is 9.77. The number of unbranched alkanes of at least 4 members (excludes halogenated alkanes) is 3. The van der Waals surface area contributed by atoms with Gasteiger partial charge in [0, 0.05) is 30.2 Å². The van der Waals surface area contributed by atoms with Crippen molar-refractivity contribution in [1.82, 2.24) is 10.3 Å². The molecule has 0 bridgehead atoms. The smallest absolute Gasteiger partial charge is 0.121 e. The van der Waals surface area contributed by atoms with E-state index in [0.29, 0.717) is 0 Å². The van der Waals surface area contributed by atoms with Crippen molar-refractivity contribution < 1.29 is 4.74 Å². The SMILES string of the molecule is COc1cc(NCCCCCCC2CCCCN2)c2ncccc2c1.Cl. The largest absolute Gasteiger partial charge is 0.497 e. The van der Waals surface area contributed by atoms with Gasteiger partial charge in [-0.15, -0.1) is 12.4 Å². The third-order valence-corrected chi connectivity index (χ3v) is 5.12. The molecule has 4 nitrogen and oxygen atoms in total. The van der Waals surface area contributed by atoms with Crippen LogP contribution in [0.15, 0.2) is 30.5 Å². The standard InChI is InChI=1S/C21H31N3O.ClH/c1-25-19-15-17-9-8-14-24-21(17)20(16-19)23-13-6-3-2-4-10-18-11-5-7-12-22-18;/h8-9,14-16,18,22-23H,2-7,10-13H2,1H3;1H. The number of anilines is 1. The van der Waals surface area contributed by atoms with Crippen LogP contribution in [0.1, 0.15) is 51.4 Å². The molecule has 3 rings (SSSR count). The number of aromatic nitrogens is 1. The van der Waals surface area contributed by atoms with Gasteiger partial charge in [0.2, 0.25) is 0 Å². The van der Waals surface area contributed by atoms with Crippen LogP contribution in [0.2, 0.25) is 0 Å². The summed E-state index contributed by atoms with van der Waals surface area (Å²) in [6, 6.07) is 8.90. The Balaban J connectivity index is 0.00000243. The Labute approximate surface area is 163 Å². The average molecular weight is 378 g/mol. The van der Waals surface area contributed by atoms with Crippen LogP contribution in [0.4, 0.5) is 5.69 Å². The van der Waals surface area contributed by atoms with Crippen LogP contribution >= 0.6 is 12.4 Å². The van der Waals surface area contributed by atoms with Crippen LogP contribution in [0.5, 0.6) is 5.75 Å². The Morgan fingerprint density at radius 1 is 1.19 bits per heavy atom. The van der Waals surface area contributed by atoms with Crippen molar-refractivity contribution in [1.29, 1.82) is 0 Å². The van der Waals surface area contributed by atoms with E-state index in [2.05, 4.69) is 21.7 Å². The number of nitrogens with zero attached hydrogens (tertiary/aromatic N) is 1. The summed E-state index contributed by atoms with van der Waals surface area (Å²) in [5.41, 5.74) is 2.09. The summed E-state index contributed by atoms with van der Waals surface area (Å²) < 4.78 is 5.41. The van der Waals surface area contributed by atoms with E-state index >= 15 is 0 Å². The molecule has 1 saturated heterocycles. The van der Waals surface area contributed by atoms with Gasteiger partial charge in [0.25, 0.3) is 0 Å². The van der Waals surface area contributed by atoms with Gasteiger partial charge < -0.3 is 15.4 Å². The highest BCUT2D eigenvalue weighted by molar-refractivity contribution is 5.91. The number of piperidine rings is 1. The van der Waals surface area contributed by atoms with E-state index in [0.717, 1.165) is 34.9 Å². The summed E-state index contributed by atoms with van der Waals surface area (Å²) >= 11 is 0. The van der Waals surface area contributed by atoms with E-state index in [4.69, 9.17) is 4.74 Å². The number of hydrogen-bond donors (Lipinski definition) is 2. The topological polar surface area (TPSA) is 46.2 Å². The van der Waals surface area contributed by atoms with Crippen LogP contribution in [0.3, 0.4) is 0 Å². The molecule has 144 valence electrons. The molecule has 0 saturated carbocycles. The minimum atomic E-state index is 0. The summed E-state index contributed by atoms with van der Waals surface area (Å²) in [7, 11) is 1.71. The summed E-state index contributed by atoms with van der Waals surface area (Å²) in [5, 5.41) is 8.30. The molecule has 1 atom stereocenters. The van der Waals surface area contributed by atoms with Crippen LogP contribution < -0.4 is 15.4 Å². The number of hydrogen-bond acceptors (Lipinski definition) is 4. The Morgan fingerprint density at radius 2 is 2.08 bits per heavy atom. The zero-order chi connectivity index (χ0) is 17.3. The van der Waals surface area contributed by atoms with Gasteiger partial charge in [-0.3, -0.25) is 4.98 Å². The third kappa shape index (κ3) is 6.03. The highest BCUT2D eigenvalue weighted by atomic mass is 35.5. The lowest BCUT2D eigenvalue weighted by Crippen LogP contribution is -2.33. The highest BCUT2D eigenvalue weighted by Gasteiger charge is 2.11. The van der Waals surface area contributed by atoms with E-state index in [1.807, 2.05) is 24.4 Å². The fourth-order valence-electron chi connectivity index (χ4n) is 3.68. The molecular formula is C21H32ClN3O. The Morgan fingerprint density at radius 3 is 2.88 bits per heavy atom. The van der Waals surface area contributed by atoms with Gasteiger partial charge in [-0.05, 0) is 44.4 Å². The van der Waals surface area contributed by atoms with E-state index in [1.54, 1.807) is 7.11 Å². The van der Waals surface area contributed by atoms with Crippen LogP contribution in [-0.2, 0) is 0 Å². The minimum absolute atomic E-state index is 0.